The van der Waals surface area contributed by atoms with Gasteiger partial charge in [0.15, 0.2) is 0 Å². The van der Waals surface area contributed by atoms with E-state index in [1.807, 2.05) is 30.5 Å². The molecule has 2 unspecified atom stereocenters. The predicted molar refractivity (Wildman–Crippen MR) is 140 cm³/mol. The summed E-state index contributed by atoms with van der Waals surface area (Å²) in [7, 11) is 1.62. The van der Waals surface area contributed by atoms with Crippen molar-refractivity contribution in [1.29, 1.82) is 0 Å². The number of carboxylic acid groups (broad SMARTS) is 1. The monoisotopic (exact) mass is 473 g/mol. The Bertz CT molecular complexity index is 1110. The fraction of sp³-hybridized carbons (Fsp3) is 0.400. The molecule has 2 atom stereocenters. The third-order valence-corrected chi connectivity index (χ3v) is 6.95. The van der Waals surface area contributed by atoms with Crippen molar-refractivity contribution in [1.82, 2.24) is 0 Å². The summed E-state index contributed by atoms with van der Waals surface area (Å²) in [6.07, 6.45) is 9.26. The van der Waals surface area contributed by atoms with Crippen LogP contribution in [0.15, 0.2) is 65.9 Å². The van der Waals surface area contributed by atoms with Crippen LogP contribution < -0.4 is 4.74 Å². The van der Waals surface area contributed by atoms with Gasteiger partial charge in [-0.1, -0.05) is 50.3 Å². The van der Waals surface area contributed by atoms with Gasteiger partial charge in [0.05, 0.1) is 13.0 Å². The number of aliphatic carboxylic acids is 1. The van der Waals surface area contributed by atoms with Crippen molar-refractivity contribution in [2.24, 2.45) is 10.9 Å². The van der Waals surface area contributed by atoms with Gasteiger partial charge in [0.1, 0.15) is 18.1 Å². The second-order valence-corrected chi connectivity index (χ2v) is 9.50. The van der Waals surface area contributed by atoms with E-state index in [1.165, 1.54) is 24.8 Å². The molecule has 2 aliphatic carbocycles. The van der Waals surface area contributed by atoms with Crippen molar-refractivity contribution in [3.8, 4) is 5.75 Å². The largest absolute Gasteiger partial charge is 0.496 e. The molecule has 2 saturated carbocycles. The Morgan fingerprint density at radius 1 is 1.20 bits per heavy atom. The third-order valence-electron chi connectivity index (χ3n) is 6.95. The maximum absolute atomic E-state index is 11.4. The Labute approximate surface area is 208 Å². The molecule has 5 heteroatoms. The number of nitrogens with zero attached hydrogens (tertiary/aromatic N) is 1. The third kappa shape index (κ3) is 6.21. The SMILES string of the molecule is C=C(/C=C(\C=N/CCC)c1ccc(OC)c(C2CC2C(=O)O)c1)OCc1ccc(C2CCC2)cc1. The first-order chi connectivity index (χ1) is 17.0. The Morgan fingerprint density at radius 2 is 1.97 bits per heavy atom. The van der Waals surface area contributed by atoms with Gasteiger partial charge in [-0.05, 0) is 72.1 Å². The number of carbonyl (C=O) groups is 1. The lowest BCUT2D eigenvalue weighted by Crippen LogP contribution is -2.08. The molecule has 35 heavy (non-hydrogen) atoms. The highest BCUT2D eigenvalue weighted by molar-refractivity contribution is 6.10. The van der Waals surface area contributed by atoms with E-state index in [0.717, 1.165) is 41.1 Å². The molecule has 0 bridgehead atoms. The lowest BCUT2D eigenvalue weighted by molar-refractivity contribution is -0.138. The lowest BCUT2D eigenvalue weighted by atomic mass is 9.80. The number of hydrogen-bond acceptors (Lipinski definition) is 4. The summed E-state index contributed by atoms with van der Waals surface area (Å²) in [5, 5.41) is 9.40. The van der Waals surface area contributed by atoms with Gasteiger partial charge in [-0.15, -0.1) is 0 Å². The van der Waals surface area contributed by atoms with Crippen molar-refractivity contribution in [2.45, 2.75) is 57.5 Å². The average molecular weight is 474 g/mol. The Balaban J connectivity index is 1.49. The number of methoxy groups -OCH3 is 1. The highest BCUT2D eigenvalue weighted by atomic mass is 16.5. The van der Waals surface area contributed by atoms with Crippen molar-refractivity contribution >= 4 is 17.8 Å². The molecule has 1 N–H and O–H groups in total. The maximum Gasteiger partial charge on any atom is 0.307 e. The Kier molecular flexibility index (Phi) is 8.06. The molecular formula is C30H35NO4. The molecule has 2 aromatic carbocycles. The van der Waals surface area contributed by atoms with Gasteiger partial charge in [-0.3, -0.25) is 9.79 Å². The van der Waals surface area contributed by atoms with Gasteiger partial charge in [-0.2, -0.15) is 0 Å². The predicted octanol–water partition coefficient (Wildman–Crippen LogP) is 6.75. The van der Waals surface area contributed by atoms with E-state index in [9.17, 15) is 9.90 Å². The van der Waals surface area contributed by atoms with E-state index in [0.29, 0.717) is 24.5 Å². The summed E-state index contributed by atoms with van der Waals surface area (Å²) >= 11 is 0. The van der Waals surface area contributed by atoms with Crippen molar-refractivity contribution in [3.63, 3.8) is 0 Å². The normalized spacial score (nSPS) is 19.9. The van der Waals surface area contributed by atoms with Crippen molar-refractivity contribution in [3.05, 3.63) is 83.1 Å². The number of ether oxygens (including phenoxy) is 2. The first-order valence-electron chi connectivity index (χ1n) is 12.5. The van der Waals surface area contributed by atoms with Crippen LogP contribution in [0.3, 0.4) is 0 Å². The van der Waals surface area contributed by atoms with Crippen molar-refractivity contribution in [2.75, 3.05) is 13.7 Å². The first kappa shape index (κ1) is 24.8. The Morgan fingerprint density at radius 3 is 2.57 bits per heavy atom. The van der Waals surface area contributed by atoms with Gasteiger partial charge < -0.3 is 14.6 Å². The molecule has 5 nitrogen and oxygen atoms in total. The number of carboxylic acids is 1. The molecule has 184 valence electrons. The summed E-state index contributed by atoms with van der Waals surface area (Å²) in [6.45, 7) is 7.38. The number of allylic oxidation sites excluding steroid dienone is 2. The van der Waals surface area contributed by atoms with E-state index < -0.39 is 5.97 Å². The van der Waals surface area contributed by atoms with Crippen LogP contribution in [0.4, 0.5) is 0 Å². The molecule has 2 aliphatic rings. The molecule has 4 rings (SSSR count). The topological polar surface area (TPSA) is 68.1 Å². The second kappa shape index (κ2) is 11.4. The highest BCUT2D eigenvalue weighted by Gasteiger charge is 2.45. The summed E-state index contributed by atoms with van der Waals surface area (Å²) in [6, 6.07) is 14.6. The van der Waals surface area contributed by atoms with Crippen LogP contribution in [-0.4, -0.2) is 30.9 Å². The van der Waals surface area contributed by atoms with E-state index in [-0.39, 0.29) is 11.8 Å². The van der Waals surface area contributed by atoms with Crippen molar-refractivity contribution < 1.29 is 19.4 Å². The zero-order valence-corrected chi connectivity index (χ0v) is 20.7. The van der Waals surface area contributed by atoms with E-state index >= 15 is 0 Å². The van der Waals surface area contributed by atoms with Gasteiger partial charge in [0.2, 0.25) is 0 Å². The minimum Gasteiger partial charge on any atom is -0.496 e. The van der Waals surface area contributed by atoms with E-state index in [1.54, 1.807) is 7.11 Å². The minimum absolute atomic E-state index is 0.0291. The number of hydrogen-bond donors (Lipinski definition) is 1. The zero-order chi connectivity index (χ0) is 24.8. The molecule has 0 spiro atoms. The zero-order valence-electron chi connectivity index (χ0n) is 20.7. The number of rotatable bonds is 12. The summed E-state index contributed by atoms with van der Waals surface area (Å²) in [4.78, 5) is 16.0. The van der Waals surface area contributed by atoms with Crippen LogP contribution in [0.2, 0.25) is 0 Å². The van der Waals surface area contributed by atoms with Gasteiger partial charge in [0.25, 0.3) is 0 Å². The van der Waals surface area contributed by atoms with Crippen LogP contribution in [-0.2, 0) is 16.1 Å². The summed E-state index contributed by atoms with van der Waals surface area (Å²) < 4.78 is 11.5. The van der Waals surface area contributed by atoms with Crippen LogP contribution in [0.5, 0.6) is 5.75 Å². The lowest BCUT2D eigenvalue weighted by Gasteiger charge is -2.25. The second-order valence-electron chi connectivity index (χ2n) is 9.50. The first-order valence-corrected chi connectivity index (χ1v) is 12.5. The smallest absolute Gasteiger partial charge is 0.307 e. The molecule has 0 amide bonds. The minimum atomic E-state index is -0.759. The summed E-state index contributed by atoms with van der Waals surface area (Å²) in [5.41, 5.74) is 5.27. The molecule has 0 heterocycles. The van der Waals surface area contributed by atoms with Gasteiger partial charge >= 0.3 is 5.97 Å². The van der Waals surface area contributed by atoms with Crippen LogP contribution in [0.1, 0.15) is 73.1 Å². The van der Waals surface area contributed by atoms with E-state index in [4.69, 9.17) is 9.47 Å². The average Bonchev–Trinajstić information content (AvgIpc) is 3.63. The highest BCUT2D eigenvalue weighted by Crippen LogP contribution is 2.51. The van der Waals surface area contributed by atoms with Gasteiger partial charge in [-0.25, -0.2) is 0 Å². The summed E-state index contributed by atoms with van der Waals surface area (Å²) in [5.74, 6) is 0.854. The molecule has 0 radical (unpaired) electrons. The quantitative estimate of drug-likeness (QED) is 0.210. The van der Waals surface area contributed by atoms with Crippen LogP contribution >= 0.6 is 0 Å². The van der Waals surface area contributed by atoms with E-state index in [2.05, 4.69) is 42.8 Å². The molecule has 0 aromatic heterocycles. The Hall–Kier alpha value is -3.34. The molecule has 2 aromatic rings. The molecular weight excluding hydrogens is 438 g/mol. The van der Waals surface area contributed by atoms with Crippen LogP contribution in [0.25, 0.3) is 5.57 Å². The fourth-order valence-corrected chi connectivity index (χ4v) is 4.52. The molecule has 0 saturated heterocycles. The van der Waals surface area contributed by atoms with Gasteiger partial charge in [0, 0.05) is 24.3 Å². The fourth-order valence-electron chi connectivity index (χ4n) is 4.52. The number of benzene rings is 2. The molecule has 2 fully saturated rings. The number of aliphatic imine (C=N–C) groups is 1. The standard InChI is InChI=1S/C30H35NO4/c1-4-14-31-18-25(24-12-13-29(34-3)27(16-24)26-17-28(26)30(32)33)15-20(2)35-19-21-8-10-23(11-9-21)22-6-5-7-22/h8-13,15-16,18,22,26,28H,2,4-7,14,17,19H2,1,3H3,(H,32,33)/b25-15+,31-18-. The molecule has 0 aliphatic heterocycles. The van der Waals surface area contributed by atoms with Crippen LogP contribution in [0, 0.1) is 5.92 Å². The maximum atomic E-state index is 11.4.